The van der Waals surface area contributed by atoms with Crippen molar-refractivity contribution in [2.24, 2.45) is 0 Å². The van der Waals surface area contributed by atoms with E-state index < -0.39 is 0 Å². The van der Waals surface area contributed by atoms with E-state index >= 15 is 0 Å². The highest BCUT2D eigenvalue weighted by atomic mass is 79.9. The predicted molar refractivity (Wildman–Crippen MR) is 91.9 cm³/mol. The van der Waals surface area contributed by atoms with Gasteiger partial charge >= 0.3 is 0 Å². The maximum Gasteiger partial charge on any atom is 0.138 e. The van der Waals surface area contributed by atoms with E-state index in [0.29, 0.717) is 23.4 Å². The number of nitrogens with one attached hydrogen (secondary N) is 1. The fraction of sp³-hybridized carbons (Fsp3) is 0.294. The zero-order chi connectivity index (χ0) is 15.2. The molecule has 0 radical (unpaired) electrons. The van der Waals surface area contributed by atoms with Gasteiger partial charge in [-0.2, -0.15) is 0 Å². The lowest BCUT2D eigenvalue weighted by atomic mass is 10.1. The molecule has 2 aromatic rings. The van der Waals surface area contributed by atoms with Gasteiger partial charge in [-0.3, -0.25) is 0 Å². The highest BCUT2D eigenvalue weighted by Crippen LogP contribution is 2.28. The molecule has 112 valence electrons. The number of rotatable bonds is 6. The van der Waals surface area contributed by atoms with E-state index in [-0.39, 0.29) is 0 Å². The molecule has 0 aliphatic carbocycles. The van der Waals surface area contributed by atoms with Crippen molar-refractivity contribution < 1.29 is 4.74 Å². The Hall–Kier alpha value is -1.03. The van der Waals surface area contributed by atoms with E-state index in [0.717, 1.165) is 16.6 Å². The van der Waals surface area contributed by atoms with Crippen LogP contribution in [0.15, 0.2) is 46.9 Å². The number of ether oxygens (including phenoxy) is 1. The van der Waals surface area contributed by atoms with Gasteiger partial charge in [0.05, 0.1) is 5.02 Å². The third-order valence-corrected chi connectivity index (χ3v) is 3.81. The van der Waals surface area contributed by atoms with E-state index in [1.54, 1.807) is 0 Å². The topological polar surface area (TPSA) is 21.3 Å². The summed E-state index contributed by atoms with van der Waals surface area (Å²) >= 11 is 9.51. The first kappa shape index (κ1) is 16.3. The molecule has 0 heterocycles. The lowest BCUT2D eigenvalue weighted by molar-refractivity contribution is 0.306. The Morgan fingerprint density at radius 3 is 2.38 bits per heavy atom. The number of hydrogen-bond donors (Lipinski definition) is 1. The normalized spacial score (nSPS) is 10.9. The van der Waals surface area contributed by atoms with Crippen LogP contribution in [-0.2, 0) is 13.2 Å². The van der Waals surface area contributed by atoms with Crippen LogP contribution in [-0.4, -0.2) is 6.04 Å². The van der Waals surface area contributed by atoms with Gasteiger partial charge in [0.1, 0.15) is 12.4 Å². The monoisotopic (exact) mass is 367 g/mol. The van der Waals surface area contributed by atoms with Gasteiger partial charge in [-0.25, -0.2) is 0 Å². The summed E-state index contributed by atoms with van der Waals surface area (Å²) in [5.74, 6) is 0.699. The molecule has 0 aliphatic heterocycles. The molecule has 0 amide bonds. The quantitative estimate of drug-likeness (QED) is 0.758. The Kier molecular flexibility index (Phi) is 6.09. The zero-order valence-electron chi connectivity index (χ0n) is 12.2. The molecule has 0 aromatic heterocycles. The van der Waals surface area contributed by atoms with Crippen molar-refractivity contribution in [2.75, 3.05) is 0 Å². The van der Waals surface area contributed by atoms with Gasteiger partial charge in [0.15, 0.2) is 0 Å². The first-order valence-corrected chi connectivity index (χ1v) is 8.11. The van der Waals surface area contributed by atoms with Crippen LogP contribution in [0.4, 0.5) is 0 Å². The molecule has 0 aliphatic rings. The molecule has 0 unspecified atom stereocenters. The van der Waals surface area contributed by atoms with Crippen LogP contribution in [0, 0.1) is 0 Å². The van der Waals surface area contributed by atoms with Crippen LogP contribution in [0.2, 0.25) is 5.02 Å². The average molecular weight is 369 g/mol. The molecule has 2 aromatic carbocycles. The smallest absolute Gasteiger partial charge is 0.138 e. The lowest BCUT2D eigenvalue weighted by Crippen LogP contribution is -2.21. The summed E-state index contributed by atoms with van der Waals surface area (Å²) in [5.41, 5.74) is 2.40. The minimum Gasteiger partial charge on any atom is -0.487 e. The van der Waals surface area contributed by atoms with Gasteiger partial charge in [-0.1, -0.05) is 65.6 Å². The van der Waals surface area contributed by atoms with Crippen LogP contribution in [0.1, 0.15) is 25.0 Å². The van der Waals surface area contributed by atoms with Gasteiger partial charge in [-0.05, 0) is 29.3 Å². The minimum absolute atomic E-state index is 0.493. The molecule has 0 saturated heterocycles. The van der Waals surface area contributed by atoms with Crippen molar-refractivity contribution in [2.45, 2.75) is 33.0 Å². The van der Waals surface area contributed by atoms with E-state index in [1.165, 1.54) is 5.56 Å². The first-order valence-electron chi connectivity index (χ1n) is 6.93. The van der Waals surface area contributed by atoms with Crippen LogP contribution < -0.4 is 10.1 Å². The summed E-state index contributed by atoms with van der Waals surface area (Å²) < 4.78 is 6.69. The van der Waals surface area contributed by atoms with Crippen LogP contribution in [0.5, 0.6) is 5.75 Å². The van der Waals surface area contributed by atoms with Gasteiger partial charge in [0.2, 0.25) is 0 Å². The molecule has 0 saturated carbocycles. The lowest BCUT2D eigenvalue weighted by Gasteiger charge is -2.10. The molecule has 2 nitrogen and oxygen atoms in total. The van der Waals surface area contributed by atoms with E-state index in [2.05, 4.69) is 59.4 Å². The van der Waals surface area contributed by atoms with Gasteiger partial charge in [0, 0.05) is 17.1 Å². The average Bonchev–Trinajstić information content (AvgIpc) is 2.45. The Bertz CT molecular complexity index is 584. The Labute approximate surface area is 139 Å². The second-order valence-corrected chi connectivity index (χ2v) is 6.54. The Morgan fingerprint density at radius 2 is 1.76 bits per heavy atom. The summed E-state index contributed by atoms with van der Waals surface area (Å²) in [5, 5.41) is 4.01. The fourth-order valence-electron chi connectivity index (χ4n) is 1.83. The summed E-state index contributed by atoms with van der Waals surface area (Å²) in [6.07, 6.45) is 0. The maximum absolute atomic E-state index is 6.13. The molecular weight excluding hydrogens is 350 g/mol. The Morgan fingerprint density at radius 1 is 1.10 bits per heavy atom. The molecule has 1 N–H and O–H groups in total. The highest BCUT2D eigenvalue weighted by Gasteiger charge is 2.03. The van der Waals surface area contributed by atoms with Crippen molar-refractivity contribution >= 4 is 27.5 Å². The standard InChI is InChI=1S/C17H19BrClNO/c1-12(2)20-10-13-3-5-14(6-4-13)11-21-17-8-7-15(18)9-16(17)19/h3-9,12,20H,10-11H2,1-2H3. The van der Waals surface area contributed by atoms with E-state index in [1.807, 2.05) is 18.2 Å². The van der Waals surface area contributed by atoms with Gasteiger partial charge in [-0.15, -0.1) is 0 Å². The van der Waals surface area contributed by atoms with Crippen LogP contribution in [0.25, 0.3) is 0 Å². The van der Waals surface area contributed by atoms with Crippen molar-refractivity contribution in [3.05, 3.63) is 63.1 Å². The maximum atomic E-state index is 6.13. The zero-order valence-corrected chi connectivity index (χ0v) is 14.5. The van der Waals surface area contributed by atoms with Crippen LogP contribution in [0.3, 0.4) is 0 Å². The molecule has 2 rings (SSSR count). The minimum atomic E-state index is 0.493. The molecule has 4 heteroatoms. The van der Waals surface area contributed by atoms with Gasteiger partial charge in [0.25, 0.3) is 0 Å². The number of benzene rings is 2. The summed E-state index contributed by atoms with van der Waals surface area (Å²) in [6, 6.07) is 14.5. The third kappa shape index (κ3) is 5.34. The summed E-state index contributed by atoms with van der Waals surface area (Å²) in [7, 11) is 0. The first-order chi connectivity index (χ1) is 10.0. The molecule has 0 spiro atoms. The summed E-state index contributed by atoms with van der Waals surface area (Å²) in [4.78, 5) is 0. The van der Waals surface area contributed by atoms with Crippen molar-refractivity contribution in [3.8, 4) is 5.75 Å². The largest absolute Gasteiger partial charge is 0.487 e. The molecule has 0 bridgehead atoms. The second kappa shape index (κ2) is 7.83. The van der Waals surface area contributed by atoms with E-state index in [9.17, 15) is 0 Å². The number of hydrogen-bond acceptors (Lipinski definition) is 2. The summed E-state index contributed by atoms with van der Waals surface area (Å²) in [6.45, 7) is 5.69. The fourth-order valence-corrected chi connectivity index (χ4v) is 2.56. The van der Waals surface area contributed by atoms with Crippen molar-refractivity contribution in [3.63, 3.8) is 0 Å². The SMILES string of the molecule is CC(C)NCc1ccc(COc2ccc(Br)cc2Cl)cc1. The number of halogens is 2. The Balaban J connectivity index is 1.91. The van der Waals surface area contributed by atoms with E-state index in [4.69, 9.17) is 16.3 Å². The second-order valence-electron chi connectivity index (χ2n) is 5.22. The molecule has 21 heavy (non-hydrogen) atoms. The third-order valence-electron chi connectivity index (χ3n) is 3.03. The van der Waals surface area contributed by atoms with Gasteiger partial charge < -0.3 is 10.1 Å². The highest BCUT2D eigenvalue weighted by molar-refractivity contribution is 9.10. The molecular formula is C17H19BrClNO. The predicted octanol–water partition coefficient (Wildman–Crippen LogP) is 5.18. The molecule has 0 atom stereocenters. The van der Waals surface area contributed by atoms with Crippen molar-refractivity contribution in [1.82, 2.24) is 5.32 Å². The molecule has 0 fully saturated rings. The van der Waals surface area contributed by atoms with Crippen LogP contribution >= 0.6 is 27.5 Å². The van der Waals surface area contributed by atoms with Crippen molar-refractivity contribution in [1.29, 1.82) is 0 Å².